The summed E-state index contributed by atoms with van der Waals surface area (Å²) in [6, 6.07) is 2.77. The molecule has 98 valence electrons. The van der Waals surface area contributed by atoms with Gasteiger partial charge >= 0.3 is 12.4 Å². The lowest BCUT2D eigenvalue weighted by Gasteiger charge is -2.32. The number of hydrogen-bond acceptors (Lipinski definition) is 1. The quantitative estimate of drug-likeness (QED) is 0.613. The lowest BCUT2D eigenvalue weighted by Crippen LogP contribution is -2.53. The van der Waals surface area contributed by atoms with E-state index < -0.39 is 23.5 Å². The lowest BCUT2D eigenvalue weighted by atomic mass is 9.91. The molecule has 0 aliphatic rings. The van der Waals surface area contributed by atoms with Gasteiger partial charge in [0, 0.05) is 11.1 Å². The van der Waals surface area contributed by atoms with Gasteiger partial charge in [-0.05, 0) is 12.1 Å². The monoisotopic (exact) mass is 268 g/mol. The van der Waals surface area contributed by atoms with E-state index >= 15 is 0 Å². The van der Waals surface area contributed by atoms with Crippen LogP contribution in [0.1, 0.15) is 11.1 Å². The molecule has 0 aromatic heterocycles. The minimum atomic E-state index is -5.89. The second-order valence-electron chi connectivity index (χ2n) is 3.43. The van der Waals surface area contributed by atoms with E-state index in [4.69, 9.17) is 11.5 Å². The first kappa shape index (κ1) is 14.4. The van der Waals surface area contributed by atoms with Crippen molar-refractivity contribution in [2.75, 3.05) is 0 Å². The molecule has 18 heavy (non-hydrogen) atoms. The van der Waals surface area contributed by atoms with Crippen molar-refractivity contribution in [1.82, 2.24) is 0 Å². The summed E-state index contributed by atoms with van der Waals surface area (Å²) in [5, 5.41) is 9.02. The fourth-order valence-corrected chi connectivity index (χ4v) is 1.30. The molecule has 1 aromatic rings. The molecular formula is C11H6F6O. The molecule has 0 bridgehead atoms. The molecule has 1 nitrogen and oxygen atoms in total. The second kappa shape index (κ2) is 4.21. The predicted octanol–water partition coefficient (Wildman–Crippen LogP) is 2.98. The van der Waals surface area contributed by atoms with Gasteiger partial charge in [-0.25, -0.2) is 0 Å². The van der Waals surface area contributed by atoms with E-state index in [1.807, 2.05) is 5.92 Å². The van der Waals surface area contributed by atoms with Crippen molar-refractivity contribution in [2.24, 2.45) is 0 Å². The summed E-state index contributed by atoms with van der Waals surface area (Å²) in [7, 11) is 0. The minimum Gasteiger partial charge on any atom is -0.369 e. The van der Waals surface area contributed by atoms with Gasteiger partial charge in [0.05, 0.1) is 0 Å². The molecule has 0 aliphatic carbocycles. The summed E-state index contributed by atoms with van der Waals surface area (Å²) < 4.78 is 74.7. The highest BCUT2D eigenvalue weighted by atomic mass is 19.4. The number of hydrogen-bond donors (Lipinski definition) is 1. The molecule has 0 saturated carbocycles. The van der Waals surface area contributed by atoms with E-state index in [9.17, 15) is 26.3 Å². The van der Waals surface area contributed by atoms with Crippen molar-refractivity contribution in [2.45, 2.75) is 18.0 Å². The van der Waals surface area contributed by atoms with Gasteiger partial charge in [-0.15, -0.1) is 6.42 Å². The molecule has 1 rings (SSSR count). The summed E-state index contributed by atoms with van der Waals surface area (Å²) in [4.78, 5) is 0. The molecule has 0 unspecified atom stereocenters. The molecule has 0 fully saturated rings. The molecule has 0 aliphatic heterocycles. The molecule has 7 heteroatoms. The van der Waals surface area contributed by atoms with Crippen molar-refractivity contribution in [1.29, 1.82) is 0 Å². The average molecular weight is 268 g/mol. The Kier molecular flexibility index (Phi) is 3.36. The third-order valence-electron chi connectivity index (χ3n) is 2.29. The molecule has 0 saturated heterocycles. The maximum atomic E-state index is 12.5. The summed E-state index contributed by atoms with van der Waals surface area (Å²) in [6.07, 6.45) is -6.85. The van der Waals surface area contributed by atoms with Crippen molar-refractivity contribution in [3.05, 3.63) is 35.4 Å². The average Bonchev–Trinajstić information content (AvgIpc) is 2.25. The third kappa shape index (κ3) is 2.16. The number of terminal acetylenes is 1. The van der Waals surface area contributed by atoms with E-state index in [0.717, 1.165) is 12.1 Å². The van der Waals surface area contributed by atoms with E-state index in [-0.39, 0.29) is 5.56 Å². The Morgan fingerprint density at radius 3 is 1.56 bits per heavy atom. The highest BCUT2D eigenvalue weighted by Crippen LogP contribution is 2.49. The molecule has 0 spiro atoms. The van der Waals surface area contributed by atoms with Gasteiger partial charge in [-0.3, -0.25) is 0 Å². The van der Waals surface area contributed by atoms with Crippen LogP contribution in [-0.2, 0) is 5.60 Å². The number of benzene rings is 1. The Morgan fingerprint density at radius 1 is 0.889 bits per heavy atom. The summed E-state index contributed by atoms with van der Waals surface area (Å²) in [5.41, 5.74) is -6.14. The number of halogens is 6. The lowest BCUT2D eigenvalue weighted by molar-refractivity contribution is -0.376. The van der Waals surface area contributed by atoms with E-state index in [2.05, 4.69) is 0 Å². The van der Waals surface area contributed by atoms with Crippen LogP contribution in [0.2, 0.25) is 0 Å². The molecule has 0 radical (unpaired) electrons. The Bertz CT molecular complexity index is 448. The highest BCUT2D eigenvalue weighted by Gasteiger charge is 2.71. The van der Waals surface area contributed by atoms with Gasteiger partial charge in [0.25, 0.3) is 5.60 Å². The fourth-order valence-electron chi connectivity index (χ4n) is 1.30. The van der Waals surface area contributed by atoms with Crippen LogP contribution in [-0.4, -0.2) is 17.5 Å². The van der Waals surface area contributed by atoms with Gasteiger partial charge in [-0.2, -0.15) is 26.3 Å². The van der Waals surface area contributed by atoms with Gasteiger partial charge in [0.1, 0.15) is 0 Å². The molecule has 0 amide bonds. The first-order valence-corrected chi connectivity index (χ1v) is 4.47. The Balaban J connectivity index is 3.42. The molecule has 1 aromatic carbocycles. The Morgan fingerprint density at radius 2 is 1.28 bits per heavy atom. The van der Waals surface area contributed by atoms with E-state index in [1.54, 1.807) is 0 Å². The normalized spacial score (nSPS) is 13.2. The van der Waals surface area contributed by atoms with Crippen LogP contribution in [0.15, 0.2) is 24.3 Å². The smallest absolute Gasteiger partial charge is 0.369 e. The van der Waals surface area contributed by atoms with Crippen LogP contribution >= 0.6 is 0 Å². The predicted molar refractivity (Wildman–Crippen MR) is 50.4 cm³/mol. The Labute approximate surface area is 98.0 Å². The first-order chi connectivity index (χ1) is 8.04. The molecule has 0 heterocycles. The van der Waals surface area contributed by atoms with E-state index in [0.29, 0.717) is 12.1 Å². The minimum absolute atomic E-state index is 0.102. The van der Waals surface area contributed by atoms with Gasteiger partial charge in [0.2, 0.25) is 0 Å². The van der Waals surface area contributed by atoms with Crippen molar-refractivity contribution in [3.8, 4) is 12.3 Å². The standard InChI is InChI=1S/C11H6F6O/c1-2-7-3-5-8(6-4-7)9(18,10(12,13)14)11(15,16)17/h1,3-6,18H. The largest absolute Gasteiger partial charge is 0.430 e. The zero-order valence-corrected chi connectivity index (χ0v) is 8.60. The highest BCUT2D eigenvalue weighted by molar-refractivity contribution is 5.37. The van der Waals surface area contributed by atoms with Crippen LogP contribution in [0.25, 0.3) is 0 Å². The maximum Gasteiger partial charge on any atom is 0.430 e. The van der Waals surface area contributed by atoms with Gasteiger partial charge < -0.3 is 5.11 Å². The van der Waals surface area contributed by atoms with Crippen molar-refractivity contribution >= 4 is 0 Å². The number of alkyl halides is 6. The van der Waals surface area contributed by atoms with Crippen LogP contribution in [0.3, 0.4) is 0 Å². The van der Waals surface area contributed by atoms with Crippen LogP contribution in [0.5, 0.6) is 0 Å². The third-order valence-corrected chi connectivity index (χ3v) is 2.29. The first-order valence-electron chi connectivity index (χ1n) is 4.47. The number of rotatable bonds is 1. The van der Waals surface area contributed by atoms with Crippen molar-refractivity contribution in [3.63, 3.8) is 0 Å². The van der Waals surface area contributed by atoms with Crippen LogP contribution in [0.4, 0.5) is 26.3 Å². The van der Waals surface area contributed by atoms with E-state index in [1.165, 1.54) is 0 Å². The van der Waals surface area contributed by atoms with Crippen molar-refractivity contribution < 1.29 is 31.4 Å². The van der Waals surface area contributed by atoms with Crippen LogP contribution in [0, 0.1) is 12.3 Å². The van der Waals surface area contributed by atoms with Gasteiger partial charge in [0.15, 0.2) is 0 Å². The maximum absolute atomic E-state index is 12.5. The molecule has 1 N–H and O–H groups in total. The summed E-state index contributed by atoms with van der Waals surface area (Å²) in [5.74, 6) is 2.04. The zero-order chi connectivity index (χ0) is 14.2. The molecular weight excluding hydrogens is 262 g/mol. The Hall–Kier alpha value is -1.68. The summed E-state index contributed by atoms with van der Waals surface area (Å²) in [6.45, 7) is 0. The fraction of sp³-hybridized carbons (Fsp3) is 0.273. The topological polar surface area (TPSA) is 20.2 Å². The number of aliphatic hydroxyl groups is 1. The van der Waals surface area contributed by atoms with Gasteiger partial charge in [-0.1, -0.05) is 18.1 Å². The molecule has 0 atom stereocenters. The second-order valence-corrected chi connectivity index (χ2v) is 3.43. The van der Waals surface area contributed by atoms with Crippen LogP contribution < -0.4 is 0 Å². The SMILES string of the molecule is C#Cc1ccc(C(O)(C(F)(F)F)C(F)(F)F)cc1. The zero-order valence-electron chi connectivity index (χ0n) is 8.60. The summed E-state index contributed by atoms with van der Waals surface area (Å²) >= 11 is 0.